The lowest BCUT2D eigenvalue weighted by atomic mass is 9.99. The lowest BCUT2D eigenvalue weighted by molar-refractivity contribution is -0.123. The summed E-state index contributed by atoms with van der Waals surface area (Å²) in [5, 5.41) is 6.19. The van der Waals surface area contributed by atoms with Crippen LogP contribution in [0.5, 0.6) is 0 Å². The Morgan fingerprint density at radius 1 is 1.12 bits per heavy atom. The Balaban J connectivity index is 1.54. The molecule has 3 heterocycles. The molecule has 3 rings (SSSR count). The van der Waals surface area contributed by atoms with Gasteiger partial charge in [0.25, 0.3) is 10.2 Å². The maximum Gasteiger partial charge on any atom is 0.282 e. The van der Waals surface area contributed by atoms with Crippen LogP contribution >= 0.6 is 0 Å². The van der Waals surface area contributed by atoms with Crippen molar-refractivity contribution in [1.82, 2.24) is 19.2 Å². The van der Waals surface area contributed by atoms with Gasteiger partial charge in [-0.3, -0.25) is 4.79 Å². The molecule has 0 saturated carbocycles. The van der Waals surface area contributed by atoms with Gasteiger partial charge in [-0.05, 0) is 52.0 Å². The molecule has 0 aromatic carbocycles. The summed E-state index contributed by atoms with van der Waals surface area (Å²) in [6, 6.07) is -0.0882. The van der Waals surface area contributed by atoms with Crippen molar-refractivity contribution in [2.75, 3.05) is 39.3 Å². The van der Waals surface area contributed by atoms with Crippen molar-refractivity contribution >= 4 is 16.1 Å². The van der Waals surface area contributed by atoms with Gasteiger partial charge in [0.1, 0.15) is 0 Å². The van der Waals surface area contributed by atoms with Crippen molar-refractivity contribution in [1.29, 1.82) is 0 Å². The standard InChI is InChI=1S/C17H32N4O4S/c1-13-10-21(11-14(2)25-13)26(23,24)20-8-4-5-15(12-20)9-19-17(22)16-6-3-7-18-16/h13-16,18H,3-12H2,1-2H3,(H,19,22). The average Bonchev–Trinajstić information content (AvgIpc) is 3.14. The SMILES string of the molecule is CC1CN(S(=O)(=O)N2CCCC(CNC(=O)C3CCCN3)C2)CC(C)O1. The molecule has 3 saturated heterocycles. The molecule has 9 heteroatoms. The molecular weight excluding hydrogens is 356 g/mol. The number of nitrogens with zero attached hydrogens (tertiary/aromatic N) is 2. The molecule has 0 spiro atoms. The van der Waals surface area contributed by atoms with Gasteiger partial charge in [-0.2, -0.15) is 17.0 Å². The lowest BCUT2D eigenvalue weighted by Crippen LogP contribution is -2.55. The normalized spacial score (nSPS) is 34.7. The highest BCUT2D eigenvalue weighted by molar-refractivity contribution is 7.86. The van der Waals surface area contributed by atoms with E-state index in [1.165, 1.54) is 0 Å². The summed E-state index contributed by atoms with van der Waals surface area (Å²) in [5.74, 6) is 0.207. The molecular formula is C17H32N4O4S. The maximum absolute atomic E-state index is 13.0. The lowest BCUT2D eigenvalue weighted by Gasteiger charge is -2.39. The molecule has 1 amide bonds. The number of hydrogen-bond donors (Lipinski definition) is 2. The minimum Gasteiger partial charge on any atom is -0.373 e. The van der Waals surface area contributed by atoms with Crippen molar-refractivity contribution in [3.8, 4) is 0 Å². The van der Waals surface area contributed by atoms with Crippen molar-refractivity contribution in [3.63, 3.8) is 0 Å². The van der Waals surface area contributed by atoms with Crippen LogP contribution in [0.25, 0.3) is 0 Å². The summed E-state index contributed by atoms with van der Waals surface area (Å²) < 4.78 is 34.8. The van der Waals surface area contributed by atoms with Crippen LogP contribution in [0.3, 0.4) is 0 Å². The van der Waals surface area contributed by atoms with Crippen molar-refractivity contribution in [2.45, 2.75) is 57.8 Å². The highest BCUT2D eigenvalue weighted by Crippen LogP contribution is 2.23. The van der Waals surface area contributed by atoms with Gasteiger partial charge in [0, 0.05) is 32.7 Å². The number of piperidine rings is 1. The minimum atomic E-state index is -3.48. The van der Waals surface area contributed by atoms with E-state index in [-0.39, 0.29) is 30.1 Å². The fraction of sp³-hybridized carbons (Fsp3) is 0.941. The van der Waals surface area contributed by atoms with Gasteiger partial charge in [0.05, 0.1) is 18.2 Å². The molecule has 3 aliphatic rings. The van der Waals surface area contributed by atoms with E-state index in [9.17, 15) is 13.2 Å². The Hall–Kier alpha value is -0.740. The molecule has 0 aromatic heterocycles. The van der Waals surface area contributed by atoms with Crippen LogP contribution in [0.4, 0.5) is 0 Å². The van der Waals surface area contributed by atoms with Gasteiger partial charge in [0.15, 0.2) is 0 Å². The zero-order valence-electron chi connectivity index (χ0n) is 15.8. The van der Waals surface area contributed by atoms with Crippen molar-refractivity contribution in [3.05, 3.63) is 0 Å². The number of nitrogens with one attached hydrogen (secondary N) is 2. The molecule has 150 valence electrons. The van der Waals surface area contributed by atoms with Crippen molar-refractivity contribution < 1.29 is 17.9 Å². The topological polar surface area (TPSA) is 91.0 Å². The second-order valence-corrected chi connectivity index (χ2v) is 9.77. The third-order valence-electron chi connectivity index (χ3n) is 5.46. The summed E-state index contributed by atoms with van der Waals surface area (Å²) in [4.78, 5) is 12.2. The highest BCUT2D eigenvalue weighted by Gasteiger charge is 2.37. The first-order valence-electron chi connectivity index (χ1n) is 9.78. The van der Waals surface area contributed by atoms with Gasteiger partial charge in [-0.1, -0.05) is 0 Å². The number of amides is 1. The number of morpholine rings is 1. The van der Waals surface area contributed by atoms with Gasteiger partial charge in [-0.25, -0.2) is 0 Å². The van der Waals surface area contributed by atoms with Gasteiger partial charge >= 0.3 is 0 Å². The quantitative estimate of drug-likeness (QED) is 0.688. The Morgan fingerprint density at radius 3 is 2.50 bits per heavy atom. The number of carbonyl (C=O) groups excluding carboxylic acids is 1. The Kier molecular flexibility index (Phi) is 6.55. The Morgan fingerprint density at radius 2 is 1.85 bits per heavy atom. The first kappa shape index (κ1) is 20.0. The average molecular weight is 389 g/mol. The van der Waals surface area contributed by atoms with Crippen LogP contribution in [0.1, 0.15) is 39.5 Å². The Labute approximate surface area is 156 Å². The number of ether oxygens (including phenoxy) is 1. The van der Waals surface area contributed by atoms with Crippen LogP contribution in [0.2, 0.25) is 0 Å². The molecule has 4 unspecified atom stereocenters. The van der Waals surface area contributed by atoms with E-state index >= 15 is 0 Å². The first-order chi connectivity index (χ1) is 12.4. The van der Waals surface area contributed by atoms with Crippen LogP contribution in [0.15, 0.2) is 0 Å². The number of rotatable bonds is 5. The van der Waals surface area contributed by atoms with Crippen LogP contribution in [-0.2, 0) is 19.7 Å². The summed E-state index contributed by atoms with van der Waals surface area (Å²) in [7, 11) is -3.48. The second-order valence-electron chi connectivity index (χ2n) is 7.84. The zero-order chi connectivity index (χ0) is 18.7. The molecule has 0 radical (unpaired) electrons. The predicted molar refractivity (Wildman–Crippen MR) is 98.8 cm³/mol. The van der Waals surface area contributed by atoms with Crippen LogP contribution in [-0.4, -0.2) is 80.5 Å². The van der Waals surface area contributed by atoms with Gasteiger partial charge in [0.2, 0.25) is 5.91 Å². The molecule has 4 atom stereocenters. The monoisotopic (exact) mass is 388 g/mol. The van der Waals surface area contributed by atoms with E-state index in [4.69, 9.17) is 4.74 Å². The van der Waals surface area contributed by atoms with E-state index in [1.807, 2.05) is 13.8 Å². The van der Waals surface area contributed by atoms with E-state index < -0.39 is 10.2 Å². The molecule has 8 nitrogen and oxygen atoms in total. The second kappa shape index (κ2) is 8.52. The van der Waals surface area contributed by atoms with E-state index in [2.05, 4.69) is 10.6 Å². The summed E-state index contributed by atoms with van der Waals surface area (Å²) >= 11 is 0. The molecule has 0 aromatic rings. The maximum atomic E-state index is 13.0. The minimum absolute atomic E-state index is 0.0401. The first-order valence-corrected chi connectivity index (χ1v) is 11.2. The third kappa shape index (κ3) is 4.75. The molecule has 26 heavy (non-hydrogen) atoms. The smallest absolute Gasteiger partial charge is 0.282 e. The predicted octanol–water partition coefficient (Wildman–Crippen LogP) is -0.0794. The Bertz CT molecular complexity index is 584. The third-order valence-corrected chi connectivity index (χ3v) is 7.40. The fourth-order valence-electron chi connectivity index (χ4n) is 4.16. The molecule has 0 aliphatic carbocycles. The van der Waals surface area contributed by atoms with Crippen molar-refractivity contribution in [2.24, 2.45) is 5.92 Å². The van der Waals surface area contributed by atoms with E-state index in [0.717, 1.165) is 32.2 Å². The summed E-state index contributed by atoms with van der Waals surface area (Å²) in [6.07, 6.45) is 3.51. The van der Waals surface area contributed by atoms with E-state index in [0.29, 0.717) is 32.7 Å². The number of hydrogen-bond acceptors (Lipinski definition) is 5. The highest BCUT2D eigenvalue weighted by atomic mass is 32.2. The summed E-state index contributed by atoms with van der Waals surface area (Å²) in [5.41, 5.74) is 0. The number of carbonyl (C=O) groups is 1. The summed E-state index contributed by atoms with van der Waals surface area (Å²) in [6.45, 7) is 7.07. The fourth-order valence-corrected chi connectivity index (χ4v) is 6.04. The van der Waals surface area contributed by atoms with Gasteiger partial charge in [-0.15, -0.1) is 0 Å². The molecule has 3 fully saturated rings. The van der Waals surface area contributed by atoms with Gasteiger partial charge < -0.3 is 15.4 Å². The molecule has 3 aliphatic heterocycles. The van der Waals surface area contributed by atoms with E-state index in [1.54, 1.807) is 8.61 Å². The zero-order valence-corrected chi connectivity index (χ0v) is 16.6. The van der Waals surface area contributed by atoms with Crippen LogP contribution in [0, 0.1) is 5.92 Å². The largest absolute Gasteiger partial charge is 0.373 e. The molecule has 0 bridgehead atoms. The molecule has 2 N–H and O–H groups in total. The van der Waals surface area contributed by atoms with Crippen LogP contribution < -0.4 is 10.6 Å².